The number of carbonyl (C=O) groups excluding carboxylic acids is 1. The first kappa shape index (κ1) is 14.7. The highest BCUT2D eigenvalue weighted by molar-refractivity contribution is 6.36. The van der Waals surface area contributed by atoms with Gasteiger partial charge in [-0.25, -0.2) is 4.79 Å². The number of benzene rings is 1. The van der Waals surface area contributed by atoms with Crippen LogP contribution in [0.1, 0.15) is 26.3 Å². The molecule has 1 aromatic carbocycles. The monoisotopic (exact) mass is 267 g/mol. The van der Waals surface area contributed by atoms with Crippen molar-refractivity contribution in [2.24, 2.45) is 0 Å². The zero-order valence-electron chi connectivity index (χ0n) is 10.6. The molecule has 0 heterocycles. The Morgan fingerprint density at radius 1 is 1.50 bits per heavy atom. The van der Waals surface area contributed by atoms with Crippen LogP contribution in [0, 0.1) is 0 Å². The highest BCUT2D eigenvalue weighted by Crippen LogP contribution is 2.23. The molecule has 96 valence electrons. The number of amides is 1. The smallest absolute Gasteiger partial charge is 0.407 e. The van der Waals surface area contributed by atoms with Crippen LogP contribution in [0.2, 0.25) is 5.02 Å². The van der Waals surface area contributed by atoms with Crippen LogP contribution in [0.5, 0.6) is 5.75 Å². The summed E-state index contributed by atoms with van der Waals surface area (Å²) in [4.78, 5) is 11.4. The van der Waals surface area contributed by atoms with Crippen molar-refractivity contribution in [3.05, 3.63) is 22.7 Å². The summed E-state index contributed by atoms with van der Waals surface area (Å²) in [5.41, 5.74) is 0.187. The third-order valence-electron chi connectivity index (χ3n) is 2.00. The van der Waals surface area contributed by atoms with Gasteiger partial charge in [-0.15, -0.1) is 0 Å². The predicted octanol–water partition coefficient (Wildman–Crippen LogP) is 1.86. The average molecular weight is 268 g/mol. The van der Waals surface area contributed by atoms with Crippen LogP contribution >= 0.6 is 11.6 Å². The van der Waals surface area contributed by atoms with Gasteiger partial charge in [0.15, 0.2) is 0 Å². The van der Waals surface area contributed by atoms with Crippen molar-refractivity contribution < 1.29 is 14.6 Å². The Hall–Kier alpha value is -1.36. The van der Waals surface area contributed by atoms with Crippen LogP contribution in [0.3, 0.4) is 0 Å². The molecular formula is C12H15BClNO3. The number of aromatic hydroxyl groups is 1. The molecule has 4 nitrogen and oxygen atoms in total. The first-order chi connectivity index (χ1) is 8.19. The van der Waals surface area contributed by atoms with Crippen LogP contribution in [0.4, 0.5) is 4.79 Å². The number of halogens is 1. The summed E-state index contributed by atoms with van der Waals surface area (Å²) in [6.07, 6.45) is -0.574. The molecule has 0 saturated carbocycles. The fourth-order valence-corrected chi connectivity index (χ4v) is 1.58. The second-order valence-electron chi connectivity index (χ2n) is 4.86. The molecule has 18 heavy (non-hydrogen) atoms. The summed E-state index contributed by atoms with van der Waals surface area (Å²) in [5.74, 6) is -0.0592. The van der Waals surface area contributed by atoms with Crippen molar-refractivity contribution in [2.75, 3.05) is 0 Å². The lowest BCUT2D eigenvalue weighted by molar-refractivity contribution is 0.0523. The maximum atomic E-state index is 11.4. The molecule has 0 aliphatic heterocycles. The highest BCUT2D eigenvalue weighted by Gasteiger charge is 2.16. The average Bonchev–Trinajstić information content (AvgIpc) is 2.12. The fraction of sp³-hybridized carbons (Fsp3) is 0.417. The van der Waals surface area contributed by atoms with Gasteiger partial charge in [0.25, 0.3) is 0 Å². The molecule has 1 rings (SSSR count). The topological polar surface area (TPSA) is 58.6 Å². The minimum absolute atomic E-state index is 0.0592. The second-order valence-corrected chi connectivity index (χ2v) is 5.26. The lowest BCUT2D eigenvalue weighted by atomic mass is 9.94. The number of hydrogen-bond donors (Lipinski definition) is 2. The Balaban J connectivity index is 2.67. The molecule has 1 amide bonds. The van der Waals surface area contributed by atoms with Gasteiger partial charge in [-0.1, -0.05) is 17.1 Å². The molecule has 0 aliphatic carbocycles. The Bertz CT molecular complexity index is 434. The van der Waals surface area contributed by atoms with E-state index >= 15 is 0 Å². The van der Waals surface area contributed by atoms with Gasteiger partial charge in [0.05, 0.1) is 6.54 Å². The Kier molecular flexibility index (Phi) is 4.51. The normalized spacial score (nSPS) is 11.1. The number of hydrogen-bond acceptors (Lipinski definition) is 3. The van der Waals surface area contributed by atoms with Gasteiger partial charge < -0.3 is 15.2 Å². The molecule has 0 spiro atoms. The molecule has 0 unspecified atom stereocenters. The molecule has 2 N–H and O–H groups in total. The summed E-state index contributed by atoms with van der Waals surface area (Å²) in [6, 6.07) is 2.88. The van der Waals surface area contributed by atoms with Crippen molar-refractivity contribution in [1.29, 1.82) is 0 Å². The van der Waals surface area contributed by atoms with E-state index in [1.165, 1.54) is 12.1 Å². The maximum absolute atomic E-state index is 11.4. The summed E-state index contributed by atoms with van der Waals surface area (Å²) < 4.78 is 5.06. The third-order valence-corrected chi connectivity index (χ3v) is 2.34. The van der Waals surface area contributed by atoms with Crippen molar-refractivity contribution in [3.63, 3.8) is 0 Å². The Morgan fingerprint density at radius 2 is 2.11 bits per heavy atom. The largest absolute Gasteiger partial charge is 0.508 e. The number of rotatable bonds is 2. The molecule has 0 aliphatic rings. The van der Waals surface area contributed by atoms with Gasteiger partial charge in [-0.2, -0.15) is 0 Å². The Labute approximate surface area is 113 Å². The van der Waals surface area contributed by atoms with Crippen LogP contribution in [-0.2, 0) is 11.3 Å². The molecule has 1 aromatic rings. The Morgan fingerprint density at radius 3 is 2.61 bits per heavy atom. The first-order valence-electron chi connectivity index (χ1n) is 5.43. The standard InChI is InChI=1S/C12H15BClNO3/c1-12(2,3)18-11(17)15-6-8-9(14)4-7(13)5-10(8)16/h4-5,16H,6H2,1-3H3,(H,15,17). The molecule has 2 radical (unpaired) electrons. The van der Waals surface area contributed by atoms with E-state index in [0.29, 0.717) is 16.0 Å². The number of alkyl carbamates (subject to hydrolysis) is 1. The van der Waals surface area contributed by atoms with E-state index in [1.54, 1.807) is 20.8 Å². The number of phenolic OH excluding ortho intramolecular Hbond substituents is 1. The van der Waals surface area contributed by atoms with Crippen LogP contribution in [0.25, 0.3) is 0 Å². The number of carbonyl (C=O) groups is 1. The van der Waals surface area contributed by atoms with Crippen LogP contribution in [0.15, 0.2) is 12.1 Å². The summed E-state index contributed by atoms with van der Waals surface area (Å²) in [7, 11) is 5.51. The molecule has 0 saturated heterocycles. The van der Waals surface area contributed by atoms with Crippen LogP contribution < -0.4 is 10.8 Å². The predicted molar refractivity (Wildman–Crippen MR) is 71.6 cm³/mol. The fourth-order valence-electron chi connectivity index (χ4n) is 1.29. The molecule has 0 atom stereocenters. The lowest BCUT2D eigenvalue weighted by Crippen LogP contribution is -2.32. The van der Waals surface area contributed by atoms with E-state index in [9.17, 15) is 9.90 Å². The van der Waals surface area contributed by atoms with Gasteiger partial charge in [0, 0.05) is 10.6 Å². The minimum atomic E-state index is -0.574. The number of nitrogens with one attached hydrogen (secondary N) is 1. The molecule has 0 fully saturated rings. The van der Waals surface area contributed by atoms with E-state index in [4.69, 9.17) is 24.2 Å². The maximum Gasteiger partial charge on any atom is 0.407 e. The molecule has 6 heteroatoms. The second kappa shape index (κ2) is 5.52. The van der Waals surface area contributed by atoms with E-state index in [2.05, 4.69) is 5.32 Å². The first-order valence-corrected chi connectivity index (χ1v) is 5.80. The summed E-state index contributed by atoms with van der Waals surface area (Å²) >= 11 is 5.92. The van der Waals surface area contributed by atoms with Crippen molar-refractivity contribution in [3.8, 4) is 5.75 Å². The van der Waals surface area contributed by atoms with Gasteiger partial charge in [0.1, 0.15) is 19.2 Å². The molecule has 0 aromatic heterocycles. The third kappa shape index (κ3) is 4.49. The molecular weight excluding hydrogens is 252 g/mol. The summed E-state index contributed by atoms with van der Waals surface area (Å²) in [5, 5.41) is 12.5. The van der Waals surface area contributed by atoms with Gasteiger partial charge in [0.2, 0.25) is 0 Å². The van der Waals surface area contributed by atoms with Crippen molar-refractivity contribution in [1.82, 2.24) is 5.32 Å². The van der Waals surface area contributed by atoms with E-state index in [-0.39, 0.29) is 12.3 Å². The van der Waals surface area contributed by atoms with Gasteiger partial charge in [-0.05, 0) is 32.9 Å². The highest BCUT2D eigenvalue weighted by atomic mass is 35.5. The van der Waals surface area contributed by atoms with Crippen molar-refractivity contribution in [2.45, 2.75) is 32.9 Å². The van der Waals surface area contributed by atoms with E-state index in [0.717, 1.165) is 0 Å². The number of phenols is 1. The molecule has 0 bridgehead atoms. The quantitative estimate of drug-likeness (QED) is 0.804. The SMILES string of the molecule is [B]c1cc(O)c(CNC(=O)OC(C)(C)C)c(Cl)c1. The number of ether oxygens (including phenoxy) is 1. The zero-order valence-corrected chi connectivity index (χ0v) is 11.3. The minimum Gasteiger partial charge on any atom is -0.508 e. The van der Waals surface area contributed by atoms with Gasteiger partial charge >= 0.3 is 6.09 Å². The van der Waals surface area contributed by atoms with E-state index in [1.807, 2.05) is 0 Å². The summed E-state index contributed by atoms with van der Waals surface area (Å²) in [6.45, 7) is 5.36. The van der Waals surface area contributed by atoms with E-state index < -0.39 is 11.7 Å². The lowest BCUT2D eigenvalue weighted by Gasteiger charge is -2.20. The van der Waals surface area contributed by atoms with Crippen molar-refractivity contribution >= 4 is 31.0 Å². The van der Waals surface area contributed by atoms with Gasteiger partial charge in [-0.3, -0.25) is 0 Å². The zero-order chi connectivity index (χ0) is 13.9. The van der Waals surface area contributed by atoms with Crippen LogP contribution in [-0.4, -0.2) is 24.6 Å².